The van der Waals surface area contributed by atoms with Gasteiger partial charge >= 0.3 is 0 Å². The molecule has 7 nitrogen and oxygen atoms in total. The molecule has 0 amide bonds. The minimum absolute atomic E-state index is 0.247. The molecule has 1 aliphatic rings. The Bertz CT molecular complexity index is 665. The van der Waals surface area contributed by atoms with Gasteiger partial charge in [0.25, 0.3) is 0 Å². The van der Waals surface area contributed by atoms with Crippen molar-refractivity contribution in [3.8, 4) is 0 Å². The van der Waals surface area contributed by atoms with Crippen molar-refractivity contribution in [2.24, 2.45) is 10.2 Å². The second kappa shape index (κ2) is 6.08. The summed E-state index contributed by atoms with van der Waals surface area (Å²) < 4.78 is 12.4. The Hall–Kier alpha value is -2.53. The zero-order chi connectivity index (χ0) is 14.4. The number of nitrogens with zero attached hydrogens (tertiary/aromatic N) is 6. The van der Waals surface area contributed by atoms with Crippen LogP contribution in [0.25, 0.3) is 20.9 Å². The second-order valence-electron chi connectivity index (χ2n) is 3.99. The summed E-state index contributed by atoms with van der Waals surface area (Å²) in [5.41, 5.74) is 15.8. The van der Waals surface area contributed by atoms with Crippen LogP contribution in [0.2, 0.25) is 0 Å². The van der Waals surface area contributed by atoms with Crippen molar-refractivity contribution < 1.29 is 4.21 Å². The van der Waals surface area contributed by atoms with Crippen LogP contribution >= 0.6 is 0 Å². The van der Waals surface area contributed by atoms with Gasteiger partial charge in [0.2, 0.25) is 0 Å². The summed E-state index contributed by atoms with van der Waals surface area (Å²) in [4.78, 5) is 6.47. The summed E-state index contributed by atoms with van der Waals surface area (Å²) >= 11 is 0. The molecule has 0 bridgehead atoms. The van der Waals surface area contributed by atoms with Crippen molar-refractivity contribution in [3.05, 3.63) is 74.4 Å². The average Bonchev–Trinajstić information content (AvgIpc) is 2.48. The maximum Gasteiger partial charge on any atom is 0.150 e. The Balaban J connectivity index is 2.43. The lowest BCUT2D eigenvalue weighted by atomic mass is 10.0. The molecule has 0 radical (unpaired) electrons. The van der Waals surface area contributed by atoms with Gasteiger partial charge in [-0.05, 0) is 41.8 Å². The fourth-order valence-electron chi connectivity index (χ4n) is 1.79. The molecular weight excluding hydrogens is 276 g/mol. The molecule has 1 aromatic rings. The van der Waals surface area contributed by atoms with Gasteiger partial charge in [0.1, 0.15) is 5.66 Å². The van der Waals surface area contributed by atoms with Gasteiger partial charge in [-0.1, -0.05) is 34.5 Å². The first kappa shape index (κ1) is 13.9. The number of hydrogen-bond acceptors (Lipinski definition) is 3. The van der Waals surface area contributed by atoms with E-state index in [2.05, 4.69) is 20.1 Å². The lowest BCUT2D eigenvalue weighted by Gasteiger charge is -2.21. The Morgan fingerprint density at radius 3 is 2.40 bits per heavy atom. The molecule has 0 saturated carbocycles. The summed E-state index contributed by atoms with van der Waals surface area (Å²) in [5.74, 6) is 0. The van der Waals surface area contributed by atoms with Gasteiger partial charge in [0, 0.05) is 19.6 Å². The van der Waals surface area contributed by atoms with Crippen LogP contribution < -0.4 is 0 Å². The molecule has 0 aromatic heterocycles. The van der Waals surface area contributed by atoms with E-state index in [1.807, 2.05) is 6.07 Å². The predicted molar refractivity (Wildman–Crippen MR) is 75.7 cm³/mol. The zero-order valence-corrected chi connectivity index (χ0v) is 11.1. The van der Waals surface area contributed by atoms with Crippen molar-refractivity contribution in [2.75, 3.05) is 0 Å². The van der Waals surface area contributed by atoms with E-state index in [-0.39, 0.29) is 6.42 Å². The monoisotopic (exact) mass is 286 g/mol. The van der Waals surface area contributed by atoms with Gasteiger partial charge < -0.3 is 0 Å². The maximum atomic E-state index is 12.4. The third-order valence-corrected chi connectivity index (χ3v) is 4.06. The third-order valence-electron chi connectivity index (χ3n) is 2.68. The summed E-state index contributed by atoms with van der Waals surface area (Å²) in [6, 6.07) is 8.88. The average molecular weight is 286 g/mol. The molecular formula is C12H10N6OS. The van der Waals surface area contributed by atoms with Crippen LogP contribution in [-0.2, 0) is 10.8 Å². The second-order valence-corrected chi connectivity index (χ2v) is 5.47. The fourth-order valence-corrected chi connectivity index (χ4v) is 2.99. The smallest absolute Gasteiger partial charge is 0.150 e. The Labute approximate surface area is 117 Å². The highest BCUT2D eigenvalue weighted by molar-refractivity contribution is 7.89. The molecule has 0 N–H and O–H groups in total. The van der Waals surface area contributed by atoms with Crippen molar-refractivity contribution in [1.82, 2.24) is 0 Å². The van der Waals surface area contributed by atoms with Crippen LogP contribution in [0.3, 0.4) is 0 Å². The molecule has 1 aromatic carbocycles. The molecule has 0 aliphatic heterocycles. The Morgan fingerprint density at radius 2 is 1.80 bits per heavy atom. The maximum absolute atomic E-state index is 12.4. The SMILES string of the molecule is [N-]=[N+]=NC1(N=[N+]=[N-])C=C([S@@](=O)c2ccccc2)C=CC1. The van der Waals surface area contributed by atoms with Gasteiger partial charge in [0.15, 0.2) is 0 Å². The largest absolute Gasteiger partial charge is 0.249 e. The van der Waals surface area contributed by atoms with Gasteiger partial charge in [-0.3, -0.25) is 0 Å². The first-order valence-electron chi connectivity index (χ1n) is 5.69. The first-order chi connectivity index (χ1) is 9.71. The minimum atomic E-state index is -1.42. The predicted octanol–water partition coefficient (Wildman–Crippen LogP) is 3.95. The Kier molecular flexibility index (Phi) is 4.22. The van der Waals surface area contributed by atoms with Crippen LogP contribution in [0.5, 0.6) is 0 Å². The number of azide groups is 1. The van der Waals surface area contributed by atoms with E-state index in [4.69, 9.17) is 11.1 Å². The number of hydrogen-bond donors (Lipinski definition) is 0. The molecule has 2 rings (SSSR count). The molecule has 0 fully saturated rings. The van der Waals surface area contributed by atoms with Crippen LogP contribution in [0.4, 0.5) is 0 Å². The quantitative estimate of drug-likeness (QED) is 0.465. The highest BCUT2D eigenvalue weighted by atomic mass is 32.2. The zero-order valence-electron chi connectivity index (χ0n) is 10.3. The van der Waals surface area contributed by atoms with Gasteiger partial charge in [-0.15, -0.1) is 0 Å². The summed E-state index contributed by atoms with van der Waals surface area (Å²) in [7, 11) is -1.42. The highest BCUT2D eigenvalue weighted by Crippen LogP contribution is 2.30. The summed E-state index contributed by atoms with van der Waals surface area (Å²) in [6.07, 6.45) is 5.06. The molecule has 0 unspecified atom stereocenters. The van der Waals surface area contributed by atoms with E-state index in [1.165, 1.54) is 6.08 Å². The van der Waals surface area contributed by atoms with Crippen LogP contribution in [-0.4, -0.2) is 9.87 Å². The highest BCUT2D eigenvalue weighted by Gasteiger charge is 2.28. The normalized spacial score (nSPS) is 22.1. The molecule has 100 valence electrons. The molecule has 20 heavy (non-hydrogen) atoms. The van der Waals surface area contributed by atoms with Crippen molar-refractivity contribution in [2.45, 2.75) is 17.0 Å². The van der Waals surface area contributed by atoms with E-state index in [9.17, 15) is 4.21 Å². The van der Waals surface area contributed by atoms with E-state index >= 15 is 0 Å². The molecule has 0 heterocycles. The molecule has 0 saturated heterocycles. The lowest BCUT2D eigenvalue weighted by molar-refractivity contribution is 0.548. The van der Waals surface area contributed by atoms with E-state index in [0.29, 0.717) is 9.80 Å². The molecule has 1 aliphatic carbocycles. The van der Waals surface area contributed by atoms with Crippen molar-refractivity contribution in [3.63, 3.8) is 0 Å². The Morgan fingerprint density at radius 1 is 1.15 bits per heavy atom. The van der Waals surface area contributed by atoms with Crippen LogP contribution in [0.1, 0.15) is 6.42 Å². The number of rotatable bonds is 4. The molecule has 1 atom stereocenters. The number of benzene rings is 1. The van der Waals surface area contributed by atoms with E-state index in [0.717, 1.165) is 0 Å². The first-order valence-corrected chi connectivity index (χ1v) is 6.84. The number of allylic oxidation sites excluding steroid dienone is 1. The van der Waals surface area contributed by atoms with Crippen molar-refractivity contribution in [1.29, 1.82) is 0 Å². The fraction of sp³-hybridized carbons (Fsp3) is 0.167. The van der Waals surface area contributed by atoms with Crippen LogP contribution in [0, 0.1) is 0 Å². The third kappa shape index (κ3) is 2.89. The molecule has 0 spiro atoms. The van der Waals surface area contributed by atoms with E-state index in [1.54, 1.807) is 36.4 Å². The van der Waals surface area contributed by atoms with Crippen LogP contribution in [0.15, 0.2) is 68.6 Å². The minimum Gasteiger partial charge on any atom is -0.249 e. The topological polar surface area (TPSA) is 115 Å². The van der Waals surface area contributed by atoms with E-state index < -0.39 is 16.5 Å². The standard InChI is InChI=1S/C12H10N6OS/c13-17-15-12(16-18-14)8-4-7-11(9-12)20(19)10-5-2-1-3-6-10/h1-7,9H,8H2/t20-/m0/s1. The molecule has 8 heteroatoms. The lowest BCUT2D eigenvalue weighted by Crippen LogP contribution is -2.21. The van der Waals surface area contributed by atoms with Gasteiger partial charge in [-0.25, -0.2) is 4.21 Å². The summed E-state index contributed by atoms with van der Waals surface area (Å²) in [6.45, 7) is 0. The summed E-state index contributed by atoms with van der Waals surface area (Å²) in [5, 5.41) is 7.06. The van der Waals surface area contributed by atoms with Crippen molar-refractivity contribution >= 4 is 10.8 Å². The van der Waals surface area contributed by atoms with Gasteiger partial charge in [0.05, 0.1) is 10.8 Å². The van der Waals surface area contributed by atoms with Gasteiger partial charge in [-0.2, -0.15) is 0 Å².